The molecule has 2 unspecified atom stereocenters. The van der Waals surface area contributed by atoms with Crippen LogP contribution in [0.3, 0.4) is 0 Å². The van der Waals surface area contributed by atoms with Gasteiger partial charge < -0.3 is 4.74 Å². The number of alkyl halides is 3. The zero-order chi connectivity index (χ0) is 20.6. The molecule has 8 heteroatoms. The van der Waals surface area contributed by atoms with E-state index in [1.807, 2.05) is 6.92 Å². The molecule has 2 heterocycles. The monoisotopic (exact) mass is 393 g/mol. The molecular formula is C20H22F3N3O2. The fourth-order valence-electron chi connectivity index (χ4n) is 3.80. The van der Waals surface area contributed by atoms with E-state index >= 15 is 0 Å². The number of halogens is 3. The van der Waals surface area contributed by atoms with Crippen molar-refractivity contribution in [1.82, 2.24) is 9.78 Å². The van der Waals surface area contributed by atoms with Crippen LogP contribution in [0, 0.1) is 5.92 Å². The average Bonchev–Trinajstić information content (AvgIpc) is 2.95. The van der Waals surface area contributed by atoms with Gasteiger partial charge in [0, 0.05) is 24.2 Å². The third-order valence-electron chi connectivity index (χ3n) is 5.02. The Morgan fingerprint density at radius 1 is 1.32 bits per heavy atom. The summed E-state index contributed by atoms with van der Waals surface area (Å²) in [7, 11) is 3.01. The molecule has 0 N–H and O–H groups in total. The van der Waals surface area contributed by atoms with Crippen LogP contribution in [0.2, 0.25) is 0 Å². The van der Waals surface area contributed by atoms with Gasteiger partial charge in [-0.2, -0.15) is 18.3 Å². The Kier molecular flexibility index (Phi) is 5.32. The molecule has 1 aliphatic rings. The van der Waals surface area contributed by atoms with Gasteiger partial charge in [0.1, 0.15) is 5.92 Å². The van der Waals surface area contributed by atoms with Gasteiger partial charge in [0.25, 0.3) is 0 Å². The minimum atomic E-state index is -4.47. The van der Waals surface area contributed by atoms with Crippen molar-refractivity contribution in [3.8, 4) is 0 Å². The number of rotatable bonds is 4. The number of fused-ring (bicyclic) bond motifs is 1. The number of nitrogens with zero attached hydrogens (tertiary/aromatic N) is 3. The molecule has 0 fully saturated rings. The summed E-state index contributed by atoms with van der Waals surface area (Å²) in [6, 6.07) is 5.10. The van der Waals surface area contributed by atoms with E-state index in [0.717, 1.165) is 24.2 Å². The van der Waals surface area contributed by atoms with E-state index in [2.05, 4.69) is 10.1 Å². The van der Waals surface area contributed by atoms with Gasteiger partial charge in [0.15, 0.2) is 5.82 Å². The quantitative estimate of drug-likeness (QED) is 0.723. The van der Waals surface area contributed by atoms with Crippen LogP contribution in [0.1, 0.15) is 48.6 Å². The molecular weight excluding hydrogens is 371 g/mol. The SMILES string of the molecule is CCCc1nn(C)c2c1C(c1cccc(C(F)(F)F)c1)C(C(=O)OC)C(C)=N2. The van der Waals surface area contributed by atoms with Crippen molar-refractivity contribution >= 4 is 17.5 Å². The zero-order valence-electron chi connectivity index (χ0n) is 16.2. The highest BCUT2D eigenvalue weighted by Gasteiger charge is 2.42. The molecule has 1 aliphatic heterocycles. The smallest absolute Gasteiger partial charge is 0.416 e. The van der Waals surface area contributed by atoms with E-state index in [0.29, 0.717) is 29.1 Å². The zero-order valence-corrected chi connectivity index (χ0v) is 16.2. The second-order valence-corrected chi connectivity index (χ2v) is 6.91. The van der Waals surface area contributed by atoms with E-state index in [1.54, 1.807) is 24.7 Å². The second kappa shape index (κ2) is 7.41. The van der Waals surface area contributed by atoms with Crippen molar-refractivity contribution in [1.29, 1.82) is 0 Å². The number of hydrogen-bond donors (Lipinski definition) is 0. The van der Waals surface area contributed by atoms with Crippen LogP contribution >= 0.6 is 0 Å². The third-order valence-corrected chi connectivity index (χ3v) is 5.02. The summed E-state index contributed by atoms with van der Waals surface area (Å²) in [5.41, 5.74) is 1.58. The predicted molar refractivity (Wildman–Crippen MR) is 98.8 cm³/mol. The minimum Gasteiger partial charge on any atom is -0.468 e. The third kappa shape index (κ3) is 3.43. The maximum absolute atomic E-state index is 13.3. The van der Waals surface area contributed by atoms with Crippen LogP contribution in [-0.4, -0.2) is 28.6 Å². The fourth-order valence-corrected chi connectivity index (χ4v) is 3.80. The molecule has 28 heavy (non-hydrogen) atoms. The van der Waals surface area contributed by atoms with Crippen LogP contribution in [0.4, 0.5) is 19.0 Å². The molecule has 2 atom stereocenters. The van der Waals surface area contributed by atoms with Crippen LogP contribution in [0.25, 0.3) is 0 Å². The van der Waals surface area contributed by atoms with E-state index in [4.69, 9.17) is 4.74 Å². The predicted octanol–water partition coefficient (Wildman–Crippen LogP) is 4.42. The summed E-state index contributed by atoms with van der Waals surface area (Å²) in [4.78, 5) is 17.1. The van der Waals surface area contributed by atoms with Crippen LogP contribution in [-0.2, 0) is 29.2 Å². The number of methoxy groups -OCH3 is 1. The molecule has 0 spiro atoms. The highest BCUT2D eigenvalue weighted by atomic mass is 19.4. The molecule has 0 saturated carbocycles. The van der Waals surface area contributed by atoms with E-state index in [9.17, 15) is 18.0 Å². The lowest BCUT2D eigenvalue weighted by Crippen LogP contribution is -2.33. The lowest BCUT2D eigenvalue weighted by atomic mass is 9.75. The lowest BCUT2D eigenvalue weighted by molar-refractivity contribution is -0.143. The Labute approximate surface area is 161 Å². The fraction of sp³-hybridized carbons (Fsp3) is 0.450. The average molecular weight is 393 g/mol. The van der Waals surface area contributed by atoms with E-state index in [-0.39, 0.29) is 0 Å². The number of aliphatic imine (C=N–C) groups is 1. The number of aromatic nitrogens is 2. The van der Waals surface area contributed by atoms with Crippen molar-refractivity contribution < 1.29 is 22.7 Å². The molecule has 1 aromatic carbocycles. The van der Waals surface area contributed by atoms with Gasteiger partial charge in [-0.25, -0.2) is 4.99 Å². The summed E-state index contributed by atoms with van der Waals surface area (Å²) in [5, 5.41) is 4.52. The lowest BCUT2D eigenvalue weighted by Gasteiger charge is -2.30. The summed E-state index contributed by atoms with van der Waals surface area (Å²) in [5.74, 6) is -1.40. The molecule has 0 aliphatic carbocycles. The molecule has 3 rings (SSSR count). The molecule has 0 radical (unpaired) electrons. The largest absolute Gasteiger partial charge is 0.468 e. The Morgan fingerprint density at radius 3 is 2.64 bits per heavy atom. The summed E-state index contributed by atoms with van der Waals surface area (Å²) < 4.78 is 46.5. The molecule has 5 nitrogen and oxygen atoms in total. The van der Waals surface area contributed by atoms with Gasteiger partial charge in [-0.1, -0.05) is 31.5 Å². The van der Waals surface area contributed by atoms with Crippen LogP contribution in [0.15, 0.2) is 29.3 Å². The van der Waals surface area contributed by atoms with Crippen LogP contribution < -0.4 is 0 Å². The summed E-state index contributed by atoms with van der Waals surface area (Å²) in [6.07, 6.45) is -3.02. The molecule has 0 bridgehead atoms. The highest BCUT2D eigenvalue weighted by Crippen LogP contribution is 2.45. The van der Waals surface area contributed by atoms with Gasteiger partial charge in [-0.05, 0) is 25.0 Å². The number of hydrogen-bond acceptors (Lipinski definition) is 4. The minimum absolute atomic E-state index is 0.395. The topological polar surface area (TPSA) is 56.5 Å². The molecule has 0 saturated heterocycles. The summed E-state index contributed by atoms with van der Waals surface area (Å²) >= 11 is 0. The van der Waals surface area contributed by atoms with Gasteiger partial charge in [-0.15, -0.1) is 0 Å². The van der Waals surface area contributed by atoms with Gasteiger partial charge in [-0.3, -0.25) is 9.48 Å². The first-order valence-corrected chi connectivity index (χ1v) is 9.05. The Bertz CT molecular complexity index is 931. The number of benzene rings is 1. The van der Waals surface area contributed by atoms with E-state index < -0.39 is 29.5 Å². The second-order valence-electron chi connectivity index (χ2n) is 6.91. The van der Waals surface area contributed by atoms with Crippen molar-refractivity contribution in [2.24, 2.45) is 18.0 Å². The number of ether oxygens (including phenoxy) is 1. The highest BCUT2D eigenvalue weighted by molar-refractivity contribution is 6.05. The Balaban J connectivity index is 2.27. The first-order valence-electron chi connectivity index (χ1n) is 9.05. The van der Waals surface area contributed by atoms with E-state index in [1.165, 1.54) is 13.2 Å². The Morgan fingerprint density at radius 2 is 2.04 bits per heavy atom. The maximum Gasteiger partial charge on any atom is 0.416 e. The number of esters is 1. The van der Waals surface area contributed by atoms with Crippen molar-refractivity contribution in [2.75, 3.05) is 7.11 Å². The number of carbonyl (C=O) groups is 1. The number of carbonyl (C=O) groups excluding carboxylic acids is 1. The molecule has 1 aromatic heterocycles. The van der Waals surface area contributed by atoms with Gasteiger partial charge in [0.2, 0.25) is 0 Å². The maximum atomic E-state index is 13.3. The normalized spacial score (nSPS) is 19.2. The Hall–Kier alpha value is -2.64. The van der Waals surface area contributed by atoms with Crippen molar-refractivity contribution in [3.63, 3.8) is 0 Å². The first-order chi connectivity index (χ1) is 13.2. The van der Waals surface area contributed by atoms with Gasteiger partial charge >= 0.3 is 12.1 Å². The summed E-state index contributed by atoms with van der Waals surface area (Å²) in [6.45, 7) is 3.69. The molecule has 2 aromatic rings. The van der Waals surface area contributed by atoms with Crippen molar-refractivity contribution in [3.05, 3.63) is 46.6 Å². The standard InChI is InChI=1S/C20H22F3N3O2/c1-5-7-14-17-16(12-8-6-9-13(10-12)20(21,22)23)15(19(27)28-4)11(2)24-18(17)26(3)25-14/h6,8-10,15-16H,5,7H2,1-4H3. The first kappa shape index (κ1) is 20.1. The molecule has 150 valence electrons. The van der Waals surface area contributed by atoms with Crippen molar-refractivity contribution in [2.45, 2.75) is 38.8 Å². The van der Waals surface area contributed by atoms with Crippen LogP contribution in [0.5, 0.6) is 0 Å². The van der Waals surface area contributed by atoms with Gasteiger partial charge in [0.05, 0.1) is 18.4 Å². The molecule has 0 amide bonds. The number of aryl methyl sites for hydroxylation is 2.